The molecule has 0 radical (unpaired) electrons. The number of sulfone groups is 2. The summed E-state index contributed by atoms with van der Waals surface area (Å²) in [7, 11) is -8.24. The van der Waals surface area contributed by atoms with Crippen molar-refractivity contribution in [3.8, 4) is 0 Å². The highest BCUT2D eigenvalue weighted by atomic mass is 32.2. The highest BCUT2D eigenvalue weighted by Gasteiger charge is 2.41. The lowest BCUT2D eigenvalue weighted by atomic mass is 9.84. The fraction of sp³-hybridized carbons (Fsp3) is 0.381. The number of rotatable bonds is 6. The molecule has 2 aromatic carbocycles. The molecule has 0 spiro atoms. The highest BCUT2D eigenvalue weighted by Crippen LogP contribution is 2.38. The maximum atomic E-state index is 12.9. The van der Waals surface area contributed by atoms with Crippen molar-refractivity contribution in [3.05, 3.63) is 59.2 Å². The molecule has 35 heavy (non-hydrogen) atoms. The molecule has 0 unspecified atom stereocenters. The van der Waals surface area contributed by atoms with E-state index in [1.807, 2.05) is 0 Å². The second-order valence-electron chi connectivity index (χ2n) is 8.22. The predicted molar refractivity (Wildman–Crippen MR) is 112 cm³/mol. The van der Waals surface area contributed by atoms with Crippen LogP contribution in [0.2, 0.25) is 0 Å². The molecular formula is C21H19F6NO5S2. The third-order valence-electron chi connectivity index (χ3n) is 5.63. The molecule has 0 atom stereocenters. The Bertz CT molecular complexity index is 1340. The van der Waals surface area contributed by atoms with Crippen molar-refractivity contribution in [1.29, 1.82) is 0 Å². The quantitative estimate of drug-likeness (QED) is 0.554. The molecule has 1 N–H and O–H groups in total. The SMILES string of the molecule is CS(=O)(=O)c1cc(C(F)(F)F)ccc1C(=O)NCC1CC(S(=O)(=O)c2cccc(C(F)(F)F)c2)C1. The zero-order chi connectivity index (χ0) is 26.4. The lowest BCUT2D eigenvalue weighted by Crippen LogP contribution is -2.42. The van der Waals surface area contributed by atoms with Crippen molar-refractivity contribution < 1.29 is 48.0 Å². The molecule has 14 heteroatoms. The first kappa shape index (κ1) is 27.0. The fourth-order valence-corrected chi connectivity index (χ4v) is 6.56. The number of amides is 1. The van der Waals surface area contributed by atoms with Gasteiger partial charge in [0.2, 0.25) is 0 Å². The zero-order valence-electron chi connectivity index (χ0n) is 17.9. The van der Waals surface area contributed by atoms with Gasteiger partial charge in [-0.3, -0.25) is 4.79 Å². The van der Waals surface area contributed by atoms with Crippen molar-refractivity contribution in [2.45, 2.75) is 40.2 Å². The van der Waals surface area contributed by atoms with E-state index in [-0.39, 0.29) is 25.3 Å². The molecule has 192 valence electrons. The van der Waals surface area contributed by atoms with Crippen molar-refractivity contribution in [2.24, 2.45) is 5.92 Å². The molecule has 1 aliphatic rings. The maximum Gasteiger partial charge on any atom is 0.416 e. The second kappa shape index (κ2) is 9.12. The van der Waals surface area contributed by atoms with E-state index >= 15 is 0 Å². The molecular weight excluding hydrogens is 524 g/mol. The maximum absolute atomic E-state index is 12.9. The summed E-state index contributed by atoms with van der Waals surface area (Å²) in [5, 5.41) is 1.42. The minimum absolute atomic E-state index is 0.0325. The number of nitrogens with one attached hydrogen (secondary N) is 1. The molecule has 1 saturated carbocycles. The van der Waals surface area contributed by atoms with Gasteiger partial charge in [0, 0.05) is 12.8 Å². The summed E-state index contributed by atoms with van der Waals surface area (Å²) >= 11 is 0. The van der Waals surface area contributed by atoms with E-state index in [4.69, 9.17) is 0 Å². The summed E-state index contributed by atoms with van der Waals surface area (Å²) in [6.45, 7) is -0.0995. The van der Waals surface area contributed by atoms with Crippen molar-refractivity contribution in [2.75, 3.05) is 12.8 Å². The van der Waals surface area contributed by atoms with E-state index in [0.29, 0.717) is 24.5 Å². The topological polar surface area (TPSA) is 97.4 Å². The average Bonchev–Trinajstić information content (AvgIpc) is 2.70. The molecule has 0 saturated heterocycles. The third-order valence-corrected chi connectivity index (χ3v) is 8.94. The van der Waals surface area contributed by atoms with Crippen LogP contribution in [0.25, 0.3) is 0 Å². The van der Waals surface area contributed by atoms with Gasteiger partial charge in [-0.1, -0.05) is 6.07 Å². The first-order valence-electron chi connectivity index (χ1n) is 10.0. The Hall–Kier alpha value is -2.61. The smallest absolute Gasteiger partial charge is 0.352 e. The summed E-state index contributed by atoms with van der Waals surface area (Å²) in [5.74, 6) is -1.33. The van der Waals surface area contributed by atoms with Gasteiger partial charge in [-0.25, -0.2) is 16.8 Å². The van der Waals surface area contributed by atoms with Crippen LogP contribution in [0.15, 0.2) is 52.3 Å². The largest absolute Gasteiger partial charge is 0.416 e. The van der Waals surface area contributed by atoms with E-state index in [1.54, 1.807) is 0 Å². The Morgan fingerprint density at radius 1 is 0.914 bits per heavy atom. The zero-order valence-corrected chi connectivity index (χ0v) is 19.6. The van der Waals surface area contributed by atoms with Crippen LogP contribution < -0.4 is 5.32 Å². The molecule has 1 amide bonds. The Kier molecular flexibility index (Phi) is 7.03. The van der Waals surface area contributed by atoms with Gasteiger partial charge >= 0.3 is 12.4 Å². The molecule has 0 aliphatic heterocycles. The molecule has 3 rings (SSSR count). The number of halogens is 6. The third kappa shape index (κ3) is 5.97. The molecule has 2 aromatic rings. The standard InChI is InChI=1S/C21H19F6NO5S2/c1-34(30,31)18-10-14(21(25,26)27)5-6-17(18)19(29)28-11-12-7-16(8-12)35(32,33)15-4-2-3-13(9-15)20(22,23)24/h2-6,9-10,12,16H,7-8,11H2,1H3,(H,28,29). The monoisotopic (exact) mass is 543 g/mol. The Labute approximate surface area is 197 Å². The summed E-state index contributed by atoms with van der Waals surface area (Å²) in [6.07, 6.45) is -8.80. The fourth-order valence-electron chi connectivity index (χ4n) is 3.66. The van der Waals surface area contributed by atoms with Crippen molar-refractivity contribution in [3.63, 3.8) is 0 Å². The van der Waals surface area contributed by atoms with Crippen molar-refractivity contribution >= 4 is 25.6 Å². The van der Waals surface area contributed by atoms with E-state index in [2.05, 4.69) is 5.32 Å². The lowest BCUT2D eigenvalue weighted by Gasteiger charge is -2.35. The Morgan fingerprint density at radius 2 is 1.49 bits per heavy atom. The lowest BCUT2D eigenvalue weighted by molar-refractivity contribution is -0.138. The van der Waals surface area contributed by atoms with Crippen LogP contribution in [0.3, 0.4) is 0 Å². The molecule has 1 aliphatic carbocycles. The number of hydrogen-bond acceptors (Lipinski definition) is 5. The molecule has 0 bridgehead atoms. The van der Waals surface area contributed by atoms with Gasteiger partial charge in [-0.2, -0.15) is 26.3 Å². The molecule has 0 aromatic heterocycles. The Morgan fingerprint density at radius 3 is 2.03 bits per heavy atom. The normalized spacial score (nSPS) is 19.2. The van der Waals surface area contributed by atoms with Crippen LogP contribution >= 0.6 is 0 Å². The van der Waals surface area contributed by atoms with Crippen molar-refractivity contribution in [1.82, 2.24) is 5.32 Å². The van der Waals surface area contributed by atoms with Crippen LogP contribution in [0.4, 0.5) is 26.3 Å². The number of alkyl halides is 6. The van der Waals surface area contributed by atoms with E-state index < -0.39 is 69.7 Å². The summed E-state index contributed by atoms with van der Waals surface area (Å²) < 4.78 is 127. The summed E-state index contributed by atoms with van der Waals surface area (Å²) in [5.41, 5.74) is -2.83. The van der Waals surface area contributed by atoms with Gasteiger partial charge in [0.25, 0.3) is 5.91 Å². The summed E-state index contributed by atoms with van der Waals surface area (Å²) in [6, 6.07) is 5.06. The minimum atomic E-state index is -4.82. The second-order valence-corrected chi connectivity index (χ2v) is 12.4. The molecule has 0 heterocycles. The van der Waals surface area contributed by atoms with Gasteiger partial charge in [0.05, 0.1) is 31.7 Å². The number of carbonyl (C=O) groups is 1. The van der Waals surface area contributed by atoms with Crippen LogP contribution in [0.1, 0.15) is 34.3 Å². The minimum Gasteiger partial charge on any atom is -0.352 e. The van der Waals surface area contributed by atoms with Gasteiger partial charge in [-0.15, -0.1) is 0 Å². The van der Waals surface area contributed by atoms with Gasteiger partial charge in [0.1, 0.15) is 0 Å². The molecule has 6 nitrogen and oxygen atoms in total. The first-order chi connectivity index (χ1) is 15.9. The van der Waals surface area contributed by atoms with E-state index in [1.165, 1.54) is 0 Å². The average molecular weight is 544 g/mol. The van der Waals surface area contributed by atoms with E-state index in [9.17, 15) is 48.0 Å². The van der Waals surface area contributed by atoms with Crippen LogP contribution in [0, 0.1) is 5.92 Å². The first-order valence-corrected chi connectivity index (χ1v) is 13.4. The number of hydrogen-bond donors (Lipinski definition) is 1. The van der Waals surface area contributed by atoms with Gasteiger partial charge in [-0.05, 0) is 55.2 Å². The van der Waals surface area contributed by atoms with Crippen LogP contribution in [-0.2, 0) is 32.0 Å². The number of benzene rings is 2. The number of carbonyl (C=O) groups excluding carboxylic acids is 1. The van der Waals surface area contributed by atoms with E-state index in [0.717, 1.165) is 24.3 Å². The Balaban J connectivity index is 1.67. The van der Waals surface area contributed by atoms with Gasteiger partial charge < -0.3 is 5.32 Å². The van der Waals surface area contributed by atoms with Crippen LogP contribution in [0.5, 0.6) is 0 Å². The van der Waals surface area contributed by atoms with Crippen LogP contribution in [-0.4, -0.2) is 40.8 Å². The molecule has 1 fully saturated rings. The van der Waals surface area contributed by atoms with Gasteiger partial charge in [0.15, 0.2) is 19.7 Å². The highest BCUT2D eigenvalue weighted by molar-refractivity contribution is 7.92. The predicted octanol–water partition coefficient (Wildman–Crippen LogP) is 4.11. The summed E-state index contributed by atoms with van der Waals surface area (Å²) in [4.78, 5) is 11.2.